The molecule has 2 amide bonds. The molecule has 0 atom stereocenters. The summed E-state index contributed by atoms with van der Waals surface area (Å²) in [5.74, 6) is -0.794. The third-order valence-electron chi connectivity index (χ3n) is 4.81. The predicted molar refractivity (Wildman–Crippen MR) is 133 cm³/mol. The van der Waals surface area contributed by atoms with Gasteiger partial charge in [-0.3, -0.25) is 9.59 Å². The molecule has 0 spiro atoms. The van der Waals surface area contributed by atoms with Gasteiger partial charge in [0.25, 0.3) is 11.8 Å². The lowest BCUT2D eigenvalue weighted by Gasteiger charge is -2.08. The van der Waals surface area contributed by atoms with Crippen LogP contribution in [0.3, 0.4) is 0 Å². The maximum Gasteiger partial charge on any atom is 0.336 e. The normalized spacial score (nSPS) is 10.8. The van der Waals surface area contributed by atoms with Gasteiger partial charge in [-0.15, -0.1) is 0 Å². The molecule has 3 aromatic rings. The number of carbonyl (C=O) groups excluding carboxylic acids is 3. The zero-order chi connectivity index (χ0) is 25.0. The van der Waals surface area contributed by atoms with Crippen molar-refractivity contribution in [3.63, 3.8) is 0 Å². The van der Waals surface area contributed by atoms with Crippen LogP contribution in [0, 0.1) is 6.92 Å². The fraction of sp³-hybridized carbons (Fsp3) is 0.111. The quantitative estimate of drug-likeness (QED) is 0.163. The van der Waals surface area contributed by atoms with Crippen molar-refractivity contribution in [1.82, 2.24) is 10.7 Å². The molecule has 0 aliphatic heterocycles. The molecule has 0 unspecified atom stereocenters. The zero-order valence-electron chi connectivity index (χ0n) is 19.4. The first-order valence-electron chi connectivity index (χ1n) is 10.7. The summed E-state index contributed by atoms with van der Waals surface area (Å²) in [6.07, 6.45) is 4.39. The summed E-state index contributed by atoms with van der Waals surface area (Å²) < 4.78 is 10.6. The summed E-state index contributed by atoms with van der Waals surface area (Å²) in [6, 6.07) is 21.3. The Labute approximate surface area is 203 Å². The van der Waals surface area contributed by atoms with Crippen molar-refractivity contribution in [3.05, 3.63) is 101 Å². The molecule has 0 aliphatic rings. The van der Waals surface area contributed by atoms with Crippen LogP contribution in [0.4, 0.5) is 0 Å². The lowest BCUT2D eigenvalue weighted by Crippen LogP contribution is -2.35. The molecule has 0 aliphatic carbocycles. The van der Waals surface area contributed by atoms with Gasteiger partial charge in [0.05, 0.1) is 19.9 Å². The minimum Gasteiger partial charge on any atom is -0.493 e. The number of ether oxygens (including phenoxy) is 2. The SMILES string of the molecule is COc1cc(/C=N\NC(=O)CNC(=O)c2ccccc2C)ccc1OC(=O)/C=C/c1ccccc1. The highest BCUT2D eigenvalue weighted by Gasteiger charge is 2.10. The maximum atomic E-state index is 12.2. The molecule has 0 aromatic heterocycles. The summed E-state index contributed by atoms with van der Waals surface area (Å²) >= 11 is 0. The first-order valence-corrected chi connectivity index (χ1v) is 10.7. The summed E-state index contributed by atoms with van der Waals surface area (Å²) in [5, 5.41) is 6.44. The fourth-order valence-corrected chi connectivity index (χ4v) is 3.02. The van der Waals surface area contributed by atoms with Crippen molar-refractivity contribution in [2.45, 2.75) is 6.92 Å². The number of rotatable bonds is 9. The number of methoxy groups -OCH3 is 1. The molecule has 0 saturated carbocycles. The van der Waals surface area contributed by atoms with E-state index in [1.54, 1.807) is 36.4 Å². The van der Waals surface area contributed by atoms with Gasteiger partial charge in [0.15, 0.2) is 11.5 Å². The molecular weight excluding hydrogens is 446 g/mol. The number of benzene rings is 3. The zero-order valence-corrected chi connectivity index (χ0v) is 19.4. The number of hydrazone groups is 1. The van der Waals surface area contributed by atoms with Crippen LogP contribution < -0.4 is 20.2 Å². The molecule has 2 N–H and O–H groups in total. The predicted octanol–water partition coefficient (Wildman–Crippen LogP) is 3.50. The van der Waals surface area contributed by atoms with Crippen LogP contribution in [0.2, 0.25) is 0 Å². The van der Waals surface area contributed by atoms with Gasteiger partial charge in [-0.25, -0.2) is 10.2 Å². The van der Waals surface area contributed by atoms with E-state index in [0.29, 0.717) is 16.9 Å². The van der Waals surface area contributed by atoms with Crippen molar-refractivity contribution in [2.75, 3.05) is 13.7 Å². The van der Waals surface area contributed by atoms with Gasteiger partial charge in [0.1, 0.15) is 0 Å². The van der Waals surface area contributed by atoms with Gasteiger partial charge < -0.3 is 14.8 Å². The van der Waals surface area contributed by atoms with E-state index >= 15 is 0 Å². The molecule has 0 fully saturated rings. The third-order valence-corrected chi connectivity index (χ3v) is 4.81. The standard InChI is InChI=1S/C27H25N3O5/c1-19-8-6-7-11-22(19)27(33)28-18-25(31)30-29-17-21-12-14-23(24(16-21)34-2)35-26(32)15-13-20-9-4-3-5-10-20/h3-17H,18H2,1-2H3,(H,28,33)(H,30,31)/b15-13+,29-17-. The number of amides is 2. The van der Waals surface area contributed by atoms with Crippen molar-refractivity contribution in [2.24, 2.45) is 5.10 Å². The van der Waals surface area contributed by atoms with Crippen LogP contribution in [0.1, 0.15) is 27.0 Å². The molecule has 178 valence electrons. The van der Waals surface area contributed by atoms with E-state index in [1.165, 1.54) is 19.4 Å². The lowest BCUT2D eigenvalue weighted by molar-refractivity contribution is -0.129. The monoisotopic (exact) mass is 471 g/mol. The second kappa shape index (κ2) is 12.5. The first-order chi connectivity index (χ1) is 17.0. The Morgan fingerprint density at radius 1 is 0.914 bits per heavy atom. The lowest BCUT2D eigenvalue weighted by atomic mass is 10.1. The Hall–Kier alpha value is -4.72. The number of aryl methyl sites for hydroxylation is 1. The molecule has 8 nitrogen and oxygen atoms in total. The Morgan fingerprint density at radius 3 is 2.40 bits per heavy atom. The largest absolute Gasteiger partial charge is 0.493 e. The molecule has 0 radical (unpaired) electrons. The number of nitrogens with zero attached hydrogens (tertiary/aromatic N) is 1. The van der Waals surface area contributed by atoms with Crippen molar-refractivity contribution in [1.29, 1.82) is 0 Å². The van der Waals surface area contributed by atoms with Gasteiger partial charge in [0.2, 0.25) is 0 Å². The van der Waals surface area contributed by atoms with E-state index in [1.807, 2.05) is 49.4 Å². The first kappa shape index (κ1) is 24.9. The van der Waals surface area contributed by atoms with Crippen molar-refractivity contribution in [3.8, 4) is 11.5 Å². The highest BCUT2D eigenvalue weighted by Crippen LogP contribution is 2.27. The molecular formula is C27H25N3O5. The second-order valence-corrected chi connectivity index (χ2v) is 7.37. The summed E-state index contributed by atoms with van der Waals surface area (Å²) in [4.78, 5) is 36.3. The Morgan fingerprint density at radius 2 is 1.66 bits per heavy atom. The number of hydrogen-bond donors (Lipinski definition) is 2. The van der Waals surface area contributed by atoms with Gasteiger partial charge in [-0.2, -0.15) is 5.10 Å². The van der Waals surface area contributed by atoms with Crippen LogP contribution in [-0.2, 0) is 9.59 Å². The van der Waals surface area contributed by atoms with E-state index in [0.717, 1.165) is 11.1 Å². The van der Waals surface area contributed by atoms with Crippen LogP contribution in [0.5, 0.6) is 11.5 Å². The number of esters is 1. The van der Waals surface area contributed by atoms with Crippen LogP contribution in [0.25, 0.3) is 6.08 Å². The molecule has 35 heavy (non-hydrogen) atoms. The van der Waals surface area contributed by atoms with Gasteiger partial charge in [-0.05, 0) is 54.0 Å². The minimum atomic E-state index is -0.548. The van der Waals surface area contributed by atoms with Crippen LogP contribution in [-0.4, -0.2) is 37.7 Å². The maximum absolute atomic E-state index is 12.2. The number of carbonyl (C=O) groups is 3. The number of hydrogen-bond acceptors (Lipinski definition) is 6. The van der Waals surface area contributed by atoms with Crippen molar-refractivity contribution < 1.29 is 23.9 Å². The van der Waals surface area contributed by atoms with E-state index in [4.69, 9.17) is 9.47 Å². The Balaban J connectivity index is 1.52. The van der Waals surface area contributed by atoms with Gasteiger partial charge in [-0.1, -0.05) is 48.5 Å². The van der Waals surface area contributed by atoms with E-state index < -0.39 is 11.9 Å². The van der Waals surface area contributed by atoms with Crippen LogP contribution >= 0.6 is 0 Å². The topological polar surface area (TPSA) is 106 Å². The van der Waals surface area contributed by atoms with Gasteiger partial charge >= 0.3 is 5.97 Å². The summed E-state index contributed by atoms with van der Waals surface area (Å²) in [7, 11) is 1.45. The smallest absolute Gasteiger partial charge is 0.336 e. The third kappa shape index (κ3) is 7.68. The van der Waals surface area contributed by atoms with Crippen LogP contribution in [0.15, 0.2) is 84.0 Å². The van der Waals surface area contributed by atoms with Gasteiger partial charge in [0, 0.05) is 11.6 Å². The highest BCUT2D eigenvalue weighted by atomic mass is 16.6. The van der Waals surface area contributed by atoms with E-state index in [-0.39, 0.29) is 18.2 Å². The average molecular weight is 472 g/mol. The van der Waals surface area contributed by atoms with E-state index in [2.05, 4.69) is 15.8 Å². The molecule has 3 rings (SSSR count). The average Bonchev–Trinajstić information content (AvgIpc) is 2.87. The molecule has 3 aromatic carbocycles. The fourth-order valence-electron chi connectivity index (χ4n) is 3.02. The number of nitrogens with one attached hydrogen (secondary N) is 2. The molecule has 0 bridgehead atoms. The Kier molecular flexibility index (Phi) is 8.90. The molecule has 0 heterocycles. The highest BCUT2D eigenvalue weighted by molar-refractivity contribution is 5.97. The van der Waals surface area contributed by atoms with Crippen molar-refractivity contribution >= 4 is 30.1 Å². The van der Waals surface area contributed by atoms with E-state index in [9.17, 15) is 14.4 Å². The summed E-state index contributed by atoms with van der Waals surface area (Å²) in [5.41, 5.74) is 5.15. The minimum absolute atomic E-state index is 0.223. The summed E-state index contributed by atoms with van der Waals surface area (Å²) in [6.45, 7) is 1.60. The molecule has 8 heteroatoms. The Bertz CT molecular complexity index is 1250. The second-order valence-electron chi connectivity index (χ2n) is 7.37. The molecule has 0 saturated heterocycles.